The Balaban J connectivity index is 1.56. The van der Waals surface area contributed by atoms with Crippen molar-refractivity contribution in [1.29, 1.82) is 0 Å². The van der Waals surface area contributed by atoms with Gasteiger partial charge in [-0.1, -0.05) is 104 Å². The summed E-state index contributed by atoms with van der Waals surface area (Å²) in [6.07, 6.45) is 0.959. The summed E-state index contributed by atoms with van der Waals surface area (Å²) >= 11 is 4.39. The van der Waals surface area contributed by atoms with E-state index in [0.29, 0.717) is 16.9 Å². The molecule has 3 aromatic carbocycles. The summed E-state index contributed by atoms with van der Waals surface area (Å²) in [7, 11) is -1.81. The quantitative estimate of drug-likeness (QED) is 0.0404. The van der Waals surface area contributed by atoms with Crippen LogP contribution in [0.1, 0.15) is 97.8 Å². The molecule has 13 nitrogen and oxygen atoms in total. The van der Waals surface area contributed by atoms with Crippen LogP contribution in [0.5, 0.6) is 5.75 Å². The van der Waals surface area contributed by atoms with Gasteiger partial charge in [-0.15, -0.1) is 0 Å². The number of carbonyl (C=O) groups excluding carboxylic acids is 4. The third-order valence-electron chi connectivity index (χ3n) is 12.0. The molecule has 3 atom stereocenters. The Hall–Kier alpha value is -4.28. The summed E-state index contributed by atoms with van der Waals surface area (Å²) in [5.74, 6) is -2.36. The molecule has 3 aromatic rings. The van der Waals surface area contributed by atoms with Crippen LogP contribution >= 0.6 is 12.6 Å². The summed E-state index contributed by atoms with van der Waals surface area (Å²) in [5, 5.41) is 2.57. The van der Waals surface area contributed by atoms with Crippen LogP contribution in [0.3, 0.4) is 0 Å². The second-order valence-electron chi connectivity index (χ2n) is 16.7. The minimum atomic E-state index is -4.10. The van der Waals surface area contributed by atoms with E-state index in [2.05, 4.69) is 76.3 Å². The molecule has 2 N–H and O–H groups in total. The molecule has 60 heavy (non-hydrogen) atoms. The predicted octanol–water partition coefficient (Wildman–Crippen LogP) is 7.44. The molecule has 1 fully saturated rings. The number of amides is 4. The number of urea groups is 1. The van der Waals surface area contributed by atoms with Crippen LogP contribution in [0.15, 0.2) is 77.7 Å². The minimum absolute atomic E-state index is 0.00679. The standard InChI is InChI=1S/C45H62N4O9S2/c1-11-42(4,5)32-23-24-36(35(27-32)43(6,7)12-2)58-26-18-25-46-60(54,55)34-22-17-21-33(28-34)47-40(52)45(57-10,39(51)44(8,13-3)30-59)49-37(50)38(56-9)48(41(49)53)29-31-19-15-14-16-20-31/h14-17,19-24,27-28,38,46,59H,11-13,18,25-26,29-30H2,1-10H3,(H,47,52). The van der Waals surface area contributed by atoms with E-state index in [0.717, 1.165) is 36.2 Å². The van der Waals surface area contributed by atoms with E-state index in [1.165, 1.54) is 36.9 Å². The Labute approximate surface area is 361 Å². The second kappa shape index (κ2) is 19.6. The summed E-state index contributed by atoms with van der Waals surface area (Å²) < 4.78 is 47.1. The highest BCUT2D eigenvalue weighted by Crippen LogP contribution is 2.40. The summed E-state index contributed by atoms with van der Waals surface area (Å²) in [5.41, 5.74) is -1.34. The molecule has 0 saturated carbocycles. The first kappa shape index (κ1) is 48.4. The number of sulfonamides is 1. The van der Waals surface area contributed by atoms with Crippen LogP contribution in [0.4, 0.5) is 10.5 Å². The van der Waals surface area contributed by atoms with Gasteiger partial charge in [0.05, 0.1) is 18.0 Å². The maximum absolute atomic E-state index is 14.6. The predicted molar refractivity (Wildman–Crippen MR) is 235 cm³/mol. The zero-order valence-corrected chi connectivity index (χ0v) is 38.3. The number of thiol groups is 1. The molecule has 1 aliphatic heterocycles. The highest BCUT2D eigenvalue weighted by atomic mass is 32.2. The molecule has 15 heteroatoms. The van der Waals surface area contributed by atoms with Crippen molar-refractivity contribution in [3.63, 3.8) is 0 Å². The molecule has 0 radical (unpaired) electrons. The first-order valence-corrected chi connectivity index (χ1v) is 22.5. The number of nitrogens with zero attached hydrogens (tertiary/aromatic N) is 2. The van der Waals surface area contributed by atoms with Gasteiger partial charge < -0.3 is 19.5 Å². The van der Waals surface area contributed by atoms with Crippen LogP contribution in [-0.2, 0) is 51.3 Å². The van der Waals surface area contributed by atoms with Crippen molar-refractivity contribution < 1.29 is 41.8 Å². The average Bonchev–Trinajstić information content (AvgIpc) is 3.48. The first-order chi connectivity index (χ1) is 28.2. The van der Waals surface area contributed by atoms with E-state index in [-0.39, 0.29) is 53.3 Å². The van der Waals surface area contributed by atoms with E-state index in [1.807, 2.05) is 6.07 Å². The fraction of sp³-hybridized carbons (Fsp3) is 0.511. The van der Waals surface area contributed by atoms with Crippen LogP contribution in [0.25, 0.3) is 0 Å². The van der Waals surface area contributed by atoms with Gasteiger partial charge in [-0.05, 0) is 71.9 Å². The molecule has 4 amide bonds. The Morgan fingerprint density at radius 3 is 2.10 bits per heavy atom. The molecule has 0 aromatic heterocycles. The molecule has 0 aliphatic carbocycles. The Morgan fingerprint density at radius 1 is 0.850 bits per heavy atom. The van der Waals surface area contributed by atoms with Gasteiger partial charge in [0, 0.05) is 43.2 Å². The number of benzene rings is 3. The number of hydrogen-bond acceptors (Lipinski definition) is 10. The third kappa shape index (κ3) is 9.91. The molecule has 4 rings (SSSR count). The molecule has 0 spiro atoms. The highest BCUT2D eigenvalue weighted by Gasteiger charge is 2.65. The van der Waals surface area contributed by atoms with Gasteiger partial charge in [0.25, 0.3) is 17.5 Å². The van der Waals surface area contributed by atoms with Crippen molar-refractivity contribution >= 4 is 52.0 Å². The fourth-order valence-electron chi connectivity index (χ4n) is 6.85. The number of imide groups is 1. The Morgan fingerprint density at radius 2 is 1.52 bits per heavy atom. The maximum atomic E-state index is 14.6. The number of carbonyl (C=O) groups is 4. The zero-order valence-electron chi connectivity index (χ0n) is 36.6. The lowest BCUT2D eigenvalue weighted by Crippen LogP contribution is -2.68. The Bertz CT molecular complexity index is 2120. The molecule has 3 unspecified atom stereocenters. The van der Waals surface area contributed by atoms with Crippen LogP contribution in [-0.4, -0.2) is 86.9 Å². The van der Waals surface area contributed by atoms with Crippen LogP contribution in [0.2, 0.25) is 0 Å². The largest absolute Gasteiger partial charge is 0.493 e. The van der Waals surface area contributed by atoms with Gasteiger partial charge in [0.2, 0.25) is 22.0 Å². The van der Waals surface area contributed by atoms with E-state index >= 15 is 0 Å². The molecular weight excluding hydrogens is 805 g/mol. The summed E-state index contributed by atoms with van der Waals surface area (Å²) in [6, 6.07) is 19.6. The SMILES string of the molecule is CCC(C)(CS)C(=O)C(OC)(C(=O)Nc1cccc(S(=O)(=O)NCCCOc2ccc(C(C)(C)CC)cc2C(C)(C)CC)c1)N1C(=O)C(OC)N(Cc2ccccc2)C1=O. The molecular formula is C45H62N4O9S2. The number of methoxy groups -OCH3 is 2. The van der Waals surface area contributed by atoms with Crippen molar-refractivity contribution in [2.45, 2.75) is 115 Å². The smallest absolute Gasteiger partial charge is 0.332 e. The van der Waals surface area contributed by atoms with Gasteiger partial charge in [-0.25, -0.2) is 22.8 Å². The molecule has 328 valence electrons. The van der Waals surface area contributed by atoms with Crippen molar-refractivity contribution in [2.75, 3.05) is 38.4 Å². The number of nitrogens with one attached hydrogen (secondary N) is 2. The van der Waals surface area contributed by atoms with Gasteiger partial charge in [0.1, 0.15) is 5.75 Å². The molecule has 1 aliphatic rings. The first-order valence-electron chi connectivity index (χ1n) is 20.3. The van der Waals surface area contributed by atoms with Gasteiger partial charge in [-0.3, -0.25) is 19.3 Å². The van der Waals surface area contributed by atoms with Gasteiger partial charge >= 0.3 is 6.03 Å². The van der Waals surface area contributed by atoms with Gasteiger partial charge in [0.15, 0.2) is 0 Å². The van der Waals surface area contributed by atoms with E-state index < -0.39 is 51.0 Å². The van der Waals surface area contributed by atoms with E-state index in [1.54, 1.807) is 44.2 Å². The lowest BCUT2D eigenvalue weighted by molar-refractivity contribution is -0.182. The van der Waals surface area contributed by atoms with Crippen LogP contribution in [0, 0.1) is 5.41 Å². The number of Topliss-reactive ketones (excluding diaryl/α,β-unsaturated/α-hetero) is 1. The molecule has 0 bridgehead atoms. The lowest BCUT2D eigenvalue weighted by Gasteiger charge is -2.40. The summed E-state index contributed by atoms with van der Waals surface area (Å²) in [4.78, 5) is 58.9. The van der Waals surface area contributed by atoms with E-state index in [9.17, 15) is 27.6 Å². The topological polar surface area (TPSA) is 161 Å². The number of rotatable bonds is 22. The van der Waals surface area contributed by atoms with Gasteiger partial charge in [-0.2, -0.15) is 12.6 Å². The second-order valence-corrected chi connectivity index (χ2v) is 18.8. The van der Waals surface area contributed by atoms with E-state index in [4.69, 9.17) is 14.2 Å². The number of hydrogen-bond donors (Lipinski definition) is 3. The minimum Gasteiger partial charge on any atom is -0.493 e. The van der Waals surface area contributed by atoms with Crippen molar-refractivity contribution in [2.24, 2.45) is 5.41 Å². The number of ether oxygens (including phenoxy) is 3. The average molecular weight is 867 g/mol. The lowest BCUT2D eigenvalue weighted by atomic mass is 9.76. The van der Waals surface area contributed by atoms with Crippen molar-refractivity contribution in [1.82, 2.24) is 14.5 Å². The maximum Gasteiger partial charge on any atom is 0.332 e. The Kier molecular flexibility index (Phi) is 15.8. The fourth-order valence-corrected chi connectivity index (χ4v) is 8.34. The highest BCUT2D eigenvalue weighted by molar-refractivity contribution is 7.89. The number of ketones is 1. The monoisotopic (exact) mass is 866 g/mol. The van der Waals surface area contributed by atoms with Crippen molar-refractivity contribution in [3.05, 3.63) is 89.5 Å². The zero-order chi connectivity index (χ0) is 44.7. The number of anilines is 1. The molecule has 1 heterocycles. The van der Waals surface area contributed by atoms with Crippen molar-refractivity contribution in [3.8, 4) is 5.75 Å². The normalized spacial score (nSPS) is 17.0. The summed E-state index contributed by atoms with van der Waals surface area (Å²) in [6.45, 7) is 16.6. The van der Waals surface area contributed by atoms with Crippen LogP contribution < -0.4 is 14.8 Å². The molecule has 1 saturated heterocycles. The third-order valence-corrected chi connectivity index (χ3v) is 14.2.